The maximum atomic E-state index is 13.8. The van der Waals surface area contributed by atoms with Gasteiger partial charge in [-0.15, -0.1) is 0 Å². The molecule has 0 saturated heterocycles. The fraction of sp³-hybridized carbons (Fsp3) is 0.250. The number of aromatic nitrogens is 1. The SMILES string of the molecule is CCc1[nH]c(C(=O)Nc2ccc(Cl)cc2F)c(C)c1C(=O)OC. The number of ether oxygens (including phenoxy) is 1. The van der Waals surface area contributed by atoms with Crippen molar-refractivity contribution in [1.82, 2.24) is 4.98 Å². The summed E-state index contributed by atoms with van der Waals surface area (Å²) in [5, 5.41) is 2.69. The van der Waals surface area contributed by atoms with Crippen LogP contribution in [0.3, 0.4) is 0 Å². The third kappa shape index (κ3) is 3.37. The summed E-state index contributed by atoms with van der Waals surface area (Å²) in [6, 6.07) is 3.95. The van der Waals surface area contributed by atoms with Crippen LogP contribution in [0.15, 0.2) is 18.2 Å². The van der Waals surface area contributed by atoms with E-state index in [4.69, 9.17) is 16.3 Å². The molecule has 0 unspecified atom stereocenters. The van der Waals surface area contributed by atoms with Crippen LogP contribution < -0.4 is 5.32 Å². The molecule has 1 amide bonds. The molecule has 1 aromatic carbocycles. The quantitative estimate of drug-likeness (QED) is 0.835. The standard InChI is InChI=1S/C16H16ClFN2O3/c1-4-11-13(16(22)23-3)8(2)14(19-11)15(21)20-12-6-5-9(17)7-10(12)18/h5-7,19H,4H2,1-3H3,(H,20,21). The fourth-order valence-electron chi connectivity index (χ4n) is 2.30. The molecule has 2 aromatic rings. The summed E-state index contributed by atoms with van der Waals surface area (Å²) < 4.78 is 18.5. The molecule has 0 aliphatic heterocycles. The van der Waals surface area contributed by atoms with Crippen molar-refractivity contribution < 1.29 is 18.7 Å². The first kappa shape index (κ1) is 17.0. The molecule has 2 rings (SSSR count). The van der Waals surface area contributed by atoms with Crippen LogP contribution in [0.25, 0.3) is 0 Å². The van der Waals surface area contributed by atoms with Crippen molar-refractivity contribution in [2.24, 2.45) is 0 Å². The fourth-order valence-corrected chi connectivity index (χ4v) is 2.46. The van der Waals surface area contributed by atoms with Gasteiger partial charge in [0.05, 0.1) is 18.4 Å². The van der Waals surface area contributed by atoms with Crippen LogP contribution in [0, 0.1) is 12.7 Å². The van der Waals surface area contributed by atoms with Crippen molar-refractivity contribution in [2.45, 2.75) is 20.3 Å². The molecule has 0 atom stereocenters. The molecule has 0 fully saturated rings. The minimum Gasteiger partial charge on any atom is -0.465 e. The van der Waals surface area contributed by atoms with Crippen LogP contribution >= 0.6 is 11.6 Å². The van der Waals surface area contributed by atoms with Gasteiger partial charge in [-0.3, -0.25) is 4.79 Å². The monoisotopic (exact) mass is 338 g/mol. The molecule has 0 bridgehead atoms. The zero-order chi connectivity index (χ0) is 17.1. The smallest absolute Gasteiger partial charge is 0.339 e. The second kappa shape index (κ2) is 6.83. The minimum atomic E-state index is -0.640. The largest absolute Gasteiger partial charge is 0.465 e. The number of anilines is 1. The third-order valence-corrected chi connectivity index (χ3v) is 3.71. The zero-order valence-electron chi connectivity index (χ0n) is 12.9. The van der Waals surface area contributed by atoms with Gasteiger partial charge in [0.15, 0.2) is 0 Å². The van der Waals surface area contributed by atoms with Crippen LogP contribution in [0.4, 0.5) is 10.1 Å². The molecular weight excluding hydrogens is 323 g/mol. The van der Waals surface area contributed by atoms with Gasteiger partial charge >= 0.3 is 5.97 Å². The van der Waals surface area contributed by atoms with Crippen LogP contribution in [0.1, 0.15) is 39.0 Å². The van der Waals surface area contributed by atoms with E-state index in [1.165, 1.54) is 19.2 Å². The highest BCUT2D eigenvalue weighted by molar-refractivity contribution is 6.30. The first-order valence-electron chi connectivity index (χ1n) is 6.95. The van der Waals surface area contributed by atoms with Crippen molar-refractivity contribution in [3.05, 3.63) is 51.6 Å². The number of H-pyrrole nitrogens is 1. The lowest BCUT2D eigenvalue weighted by molar-refractivity contribution is 0.0599. The second-order valence-electron chi connectivity index (χ2n) is 4.90. The predicted molar refractivity (Wildman–Crippen MR) is 85.6 cm³/mol. The van der Waals surface area contributed by atoms with Crippen LogP contribution in [0.2, 0.25) is 5.02 Å². The molecule has 122 valence electrons. The Kier molecular flexibility index (Phi) is 5.05. The van der Waals surface area contributed by atoms with Crippen molar-refractivity contribution in [1.29, 1.82) is 0 Å². The molecular formula is C16H16ClFN2O3. The molecule has 7 heteroatoms. The molecule has 0 spiro atoms. The van der Waals surface area contributed by atoms with E-state index in [1.807, 2.05) is 6.92 Å². The Morgan fingerprint density at radius 3 is 2.65 bits per heavy atom. The Morgan fingerprint density at radius 1 is 1.39 bits per heavy atom. The number of carbonyl (C=O) groups is 2. The van der Waals surface area contributed by atoms with Gasteiger partial charge in [-0.2, -0.15) is 0 Å². The first-order valence-corrected chi connectivity index (χ1v) is 7.33. The van der Waals surface area contributed by atoms with E-state index in [1.54, 1.807) is 6.92 Å². The van der Waals surface area contributed by atoms with Crippen LogP contribution in [-0.2, 0) is 11.2 Å². The Labute approximate surface area is 137 Å². The second-order valence-corrected chi connectivity index (χ2v) is 5.34. The molecule has 0 aliphatic carbocycles. The predicted octanol–water partition coefficient (Wildman–Crippen LogP) is 3.72. The number of hydrogen-bond acceptors (Lipinski definition) is 3. The van der Waals surface area contributed by atoms with Gasteiger partial charge in [-0.05, 0) is 37.1 Å². The number of rotatable bonds is 4. The molecule has 5 nitrogen and oxygen atoms in total. The Hall–Kier alpha value is -2.34. The molecule has 0 saturated carbocycles. The zero-order valence-corrected chi connectivity index (χ0v) is 13.7. The summed E-state index contributed by atoms with van der Waals surface area (Å²) in [7, 11) is 1.27. The van der Waals surface area contributed by atoms with E-state index in [0.717, 1.165) is 6.07 Å². The summed E-state index contributed by atoms with van der Waals surface area (Å²) >= 11 is 5.68. The van der Waals surface area contributed by atoms with Crippen LogP contribution in [-0.4, -0.2) is 24.0 Å². The van der Waals surface area contributed by atoms with E-state index in [2.05, 4.69) is 10.3 Å². The van der Waals surface area contributed by atoms with Gasteiger partial charge in [0.25, 0.3) is 5.91 Å². The highest BCUT2D eigenvalue weighted by Gasteiger charge is 2.24. The first-order chi connectivity index (χ1) is 10.9. The van der Waals surface area contributed by atoms with Gasteiger partial charge in [-0.1, -0.05) is 18.5 Å². The highest BCUT2D eigenvalue weighted by atomic mass is 35.5. The van der Waals surface area contributed by atoms with Gasteiger partial charge in [-0.25, -0.2) is 9.18 Å². The van der Waals surface area contributed by atoms with Gasteiger partial charge in [0.2, 0.25) is 0 Å². The summed E-state index contributed by atoms with van der Waals surface area (Å²) in [5.41, 5.74) is 1.58. The maximum Gasteiger partial charge on any atom is 0.339 e. The topological polar surface area (TPSA) is 71.2 Å². The number of aryl methyl sites for hydroxylation is 1. The Balaban J connectivity index is 2.36. The average Bonchev–Trinajstić information content (AvgIpc) is 2.86. The molecule has 0 aliphatic rings. The van der Waals surface area contributed by atoms with Crippen LogP contribution in [0.5, 0.6) is 0 Å². The normalized spacial score (nSPS) is 10.5. The van der Waals surface area contributed by atoms with E-state index in [0.29, 0.717) is 23.2 Å². The van der Waals surface area contributed by atoms with E-state index < -0.39 is 17.7 Å². The van der Waals surface area contributed by atoms with Crippen molar-refractivity contribution in [2.75, 3.05) is 12.4 Å². The average molecular weight is 339 g/mol. The molecule has 2 N–H and O–H groups in total. The lowest BCUT2D eigenvalue weighted by Gasteiger charge is -2.06. The van der Waals surface area contributed by atoms with E-state index in [-0.39, 0.29) is 16.4 Å². The lowest BCUT2D eigenvalue weighted by atomic mass is 10.1. The number of amides is 1. The number of methoxy groups -OCH3 is 1. The number of benzene rings is 1. The molecule has 1 aromatic heterocycles. The molecule has 0 radical (unpaired) electrons. The van der Waals surface area contributed by atoms with Gasteiger partial charge < -0.3 is 15.0 Å². The summed E-state index contributed by atoms with van der Waals surface area (Å²) in [6.45, 7) is 3.48. The molecule has 1 heterocycles. The van der Waals surface area contributed by atoms with Crippen molar-refractivity contribution in [3.8, 4) is 0 Å². The lowest BCUT2D eigenvalue weighted by Crippen LogP contribution is -2.15. The van der Waals surface area contributed by atoms with Gasteiger partial charge in [0, 0.05) is 10.7 Å². The maximum absolute atomic E-state index is 13.8. The van der Waals surface area contributed by atoms with Crippen molar-refractivity contribution >= 4 is 29.2 Å². The van der Waals surface area contributed by atoms with E-state index >= 15 is 0 Å². The summed E-state index contributed by atoms with van der Waals surface area (Å²) in [5.74, 6) is -1.71. The number of nitrogens with one attached hydrogen (secondary N) is 2. The number of halogens is 2. The molecule has 23 heavy (non-hydrogen) atoms. The highest BCUT2D eigenvalue weighted by Crippen LogP contribution is 2.23. The summed E-state index contributed by atoms with van der Waals surface area (Å²) in [4.78, 5) is 27.1. The number of hydrogen-bond donors (Lipinski definition) is 2. The minimum absolute atomic E-state index is 0.00562. The number of aromatic amines is 1. The van der Waals surface area contributed by atoms with E-state index in [9.17, 15) is 14.0 Å². The summed E-state index contributed by atoms with van der Waals surface area (Å²) in [6.07, 6.45) is 0.522. The Bertz CT molecular complexity index is 771. The third-order valence-electron chi connectivity index (χ3n) is 3.48. The van der Waals surface area contributed by atoms with Gasteiger partial charge in [0.1, 0.15) is 11.5 Å². The Morgan fingerprint density at radius 2 is 2.09 bits per heavy atom. The number of carbonyl (C=O) groups excluding carboxylic acids is 2. The van der Waals surface area contributed by atoms with Crippen molar-refractivity contribution in [3.63, 3.8) is 0 Å². The number of esters is 1.